The number of alkyl halides is 2. The van der Waals surface area contributed by atoms with Gasteiger partial charge in [0.15, 0.2) is 3.23 Å². The Labute approximate surface area is 105 Å². The van der Waals surface area contributed by atoms with Gasteiger partial charge in [-0.05, 0) is 11.6 Å². The molecule has 80 valence electrons. The van der Waals surface area contributed by atoms with E-state index in [4.69, 9.17) is 0 Å². The fourth-order valence-electron chi connectivity index (χ4n) is 1.78. The van der Waals surface area contributed by atoms with Crippen LogP contribution < -0.4 is 0 Å². The van der Waals surface area contributed by atoms with E-state index >= 15 is 0 Å². The topological polar surface area (TPSA) is 33.2 Å². The first kappa shape index (κ1) is 11.1. The molecule has 0 N–H and O–H groups in total. The van der Waals surface area contributed by atoms with Crippen LogP contribution in [-0.4, -0.2) is 26.1 Å². The van der Waals surface area contributed by atoms with E-state index in [9.17, 15) is 4.79 Å². The quantitative estimate of drug-likeness (QED) is 0.740. The normalized spacial score (nSPS) is 24.6. The third-order valence-electron chi connectivity index (χ3n) is 2.62. The number of carbonyl (C=O) groups is 1. The van der Waals surface area contributed by atoms with Crippen LogP contribution in [0.25, 0.3) is 0 Å². The summed E-state index contributed by atoms with van der Waals surface area (Å²) in [7, 11) is 1.81. The van der Waals surface area contributed by atoms with E-state index in [0.29, 0.717) is 6.42 Å². The highest BCUT2D eigenvalue weighted by Crippen LogP contribution is 2.46. The smallest absolute Gasteiger partial charge is 0.250 e. The maximum atomic E-state index is 11.8. The van der Waals surface area contributed by atoms with Gasteiger partial charge in [0.05, 0.1) is 6.04 Å². The van der Waals surface area contributed by atoms with Gasteiger partial charge in [-0.2, -0.15) is 0 Å². The van der Waals surface area contributed by atoms with Crippen LogP contribution in [0.2, 0.25) is 0 Å². The number of amides is 1. The molecule has 1 amide bonds. The van der Waals surface area contributed by atoms with Crippen molar-refractivity contribution in [3.05, 3.63) is 30.1 Å². The molecule has 1 aliphatic rings. The molecular formula is C10H10Br2N2O. The molecule has 0 unspecified atom stereocenters. The van der Waals surface area contributed by atoms with Gasteiger partial charge >= 0.3 is 0 Å². The van der Waals surface area contributed by atoms with Gasteiger partial charge in [-0.1, -0.05) is 37.9 Å². The number of nitrogens with zero attached hydrogens (tertiary/aromatic N) is 2. The van der Waals surface area contributed by atoms with Crippen LogP contribution in [0, 0.1) is 0 Å². The van der Waals surface area contributed by atoms with Crippen molar-refractivity contribution in [1.82, 2.24) is 9.88 Å². The van der Waals surface area contributed by atoms with E-state index in [0.717, 1.165) is 5.56 Å². The lowest BCUT2D eigenvalue weighted by Gasteiger charge is -2.18. The Hall–Kier alpha value is -0.420. The second kappa shape index (κ2) is 3.87. The summed E-state index contributed by atoms with van der Waals surface area (Å²) in [4.78, 5) is 17.6. The molecule has 0 spiro atoms. The average Bonchev–Trinajstić information content (AvgIpc) is 2.44. The minimum Gasteiger partial charge on any atom is -0.337 e. The number of halogens is 2. The highest BCUT2D eigenvalue weighted by molar-refractivity contribution is 9.25. The van der Waals surface area contributed by atoms with E-state index in [1.54, 1.807) is 17.3 Å². The highest BCUT2D eigenvalue weighted by atomic mass is 79.9. The van der Waals surface area contributed by atoms with Crippen LogP contribution in [0.1, 0.15) is 18.0 Å². The Kier molecular flexibility index (Phi) is 2.85. The van der Waals surface area contributed by atoms with E-state index in [-0.39, 0.29) is 11.9 Å². The fraction of sp³-hybridized carbons (Fsp3) is 0.400. The van der Waals surface area contributed by atoms with E-state index in [1.165, 1.54) is 0 Å². The molecule has 2 heterocycles. The fourth-order valence-corrected chi connectivity index (χ4v) is 2.95. The van der Waals surface area contributed by atoms with Crippen LogP contribution in [0.5, 0.6) is 0 Å². The zero-order valence-electron chi connectivity index (χ0n) is 8.15. The number of carbonyl (C=O) groups excluding carboxylic acids is 1. The minimum absolute atomic E-state index is 0.0522. The van der Waals surface area contributed by atoms with Crippen LogP contribution >= 0.6 is 31.9 Å². The van der Waals surface area contributed by atoms with Gasteiger partial charge in [0.25, 0.3) is 5.91 Å². The minimum atomic E-state index is -0.616. The number of likely N-dealkylation sites (tertiary alicyclic amines) is 1. The van der Waals surface area contributed by atoms with Crippen molar-refractivity contribution in [3.8, 4) is 0 Å². The SMILES string of the molecule is CN1C(=O)C(Br)(Br)C[C@H]1c1cccnc1. The Morgan fingerprint density at radius 2 is 2.33 bits per heavy atom. The molecule has 1 fully saturated rings. The summed E-state index contributed by atoms with van der Waals surface area (Å²) >= 11 is 6.78. The largest absolute Gasteiger partial charge is 0.337 e. The predicted molar refractivity (Wildman–Crippen MR) is 65.0 cm³/mol. The summed E-state index contributed by atoms with van der Waals surface area (Å²) in [6.07, 6.45) is 4.24. The van der Waals surface area contributed by atoms with Crippen LogP contribution in [0.3, 0.4) is 0 Å². The van der Waals surface area contributed by atoms with Crippen molar-refractivity contribution in [2.75, 3.05) is 7.05 Å². The lowest BCUT2D eigenvalue weighted by Crippen LogP contribution is -2.28. The molecular weight excluding hydrogens is 324 g/mol. The van der Waals surface area contributed by atoms with Crippen molar-refractivity contribution < 1.29 is 4.79 Å². The number of rotatable bonds is 1. The Morgan fingerprint density at radius 3 is 2.80 bits per heavy atom. The summed E-state index contributed by atoms with van der Waals surface area (Å²) in [5.41, 5.74) is 1.06. The molecule has 5 heteroatoms. The van der Waals surface area contributed by atoms with Crippen molar-refractivity contribution in [1.29, 1.82) is 0 Å². The molecule has 3 nitrogen and oxygen atoms in total. The summed E-state index contributed by atoms with van der Waals surface area (Å²) < 4.78 is -0.616. The van der Waals surface area contributed by atoms with Crippen LogP contribution in [0.15, 0.2) is 24.5 Å². The average molecular weight is 334 g/mol. The van der Waals surface area contributed by atoms with Crippen molar-refractivity contribution in [3.63, 3.8) is 0 Å². The third kappa shape index (κ3) is 1.95. The number of hydrogen-bond acceptors (Lipinski definition) is 2. The van der Waals surface area contributed by atoms with Gasteiger partial charge in [0.2, 0.25) is 0 Å². The Balaban J connectivity index is 2.31. The number of hydrogen-bond donors (Lipinski definition) is 0. The maximum Gasteiger partial charge on any atom is 0.250 e. The van der Waals surface area contributed by atoms with E-state index in [2.05, 4.69) is 36.8 Å². The molecule has 15 heavy (non-hydrogen) atoms. The van der Waals surface area contributed by atoms with Crippen molar-refractivity contribution in [2.45, 2.75) is 15.7 Å². The maximum absolute atomic E-state index is 11.8. The van der Waals surface area contributed by atoms with Crippen molar-refractivity contribution >= 4 is 37.8 Å². The zero-order chi connectivity index (χ0) is 11.1. The zero-order valence-corrected chi connectivity index (χ0v) is 11.3. The molecule has 0 aliphatic carbocycles. The first-order valence-corrected chi connectivity index (χ1v) is 6.16. The summed E-state index contributed by atoms with van der Waals surface area (Å²) in [5, 5.41) is 0. The van der Waals surface area contributed by atoms with E-state index in [1.807, 2.05) is 19.2 Å². The Bertz CT molecular complexity index is 380. The standard InChI is InChI=1S/C10H10Br2N2O/c1-14-8(5-10(11,12)9(14)15)7-3-2-4-13-6-7/h2-4,6,8H,5H2,1H3/t8-/m0/s1. The third-order valence-corrected chi connectivity index (χ3v) is 3.95. The second-order valence-corrected chi connectivity index (χ2v) is 7.40. The first-order valence-electron chi connectivity index (χ1n) is 4.57. The van der Waals surface area contributed by atoms with Gasteiger partial charge in [0, 0.05) is 25.9 Å². The molecule has 1 aliphatic heterocycles. The van der Waals surface area contributed by atoms with Gasteiger partial charge in [0.1, 0.15) is 0 Å². The highest BCUT2D eigenvalue weighted by Gasteiger charge is 2.47. The predicted octanol–water partition coefficient (Wildman–Crippen LogP) is 2.47. The molecule has 0 radical (unpaired) electrons. The van der Waals surface area contributed by atoms with Gasteiger partial charge in [-0.15, -0.1) is 0 Å². The van der Waals surface area contributed by atoms with Crippen molar-refractivity contribution in [2.24, 2.45) is 0 Å². The monoisotopic (exact) mass is 332 g/mol. The summed E-state index contributed by atoms with van der Waals surface area (Å²) in [6, 6.07) is 3.96. The van der Waals surface area contributed by atoms with Crippen LogP contribution in [-0.2, 0) is 4.79 Å². The molecule has 0 aromatic carbocycles. The molecule has 0 saturated carbocycles. The lowest BCUT2D eigenvalue weighted by molar-refractivity contribution is -0.127. The lowest BCUT2D eigenvalue weighted by atomic mass is 10.1. The van der Waals surface area contributed by atoms with Crippen LogP contribution in [0.4, 0.5) is 0 Å². The van der Waals surface area contributed by atoms with E-state index < -0.39 is 3.23 Å². The number of pyridine rings is 1. The Morgan fingerprint density at radius 1 is 1.60 bits per heavy atom. The molecule has 0 bridgehead atoms. The number of aromatic nitrogens is 1. The summed E-state index contributed by atoms with van der Waals surface area (Å²) in [5.74, 6) is 0.0522. The molecule has 1 saturated heterocycles. The molecule has 2 rings (SSSR count). The molecule has 1 aromatic heterocycles. The molecule has 1 aromatic rings. The van der Waals surface area contributed by atoms with Gasteiger partial charge < -0.3 is 4.90 Å². The first-order chi connectivity index (χ1) is 7.02. The van der Waals surface area contributed by atoms with Gasteiger partial charge in [-0.25, -0.2) is 0 Å². The summed E-state index contributed by atoms with van der Waals surface area (Å²) in [6.45, 7) is 0. The molecule has 1 atom stereocenters. The van der Waals surface area contributed by atoms with Gasteiger partial charge in [-0.3, -0.25) is 9.78 Å². The second-order valence-electron chi connectivity index (χ2n) is 3.63.